The Morgan fingerprint density at radius 1 is 1.33 bits per heavy atom. The number of benzene rings is 1. The summed E-state index contributed by atoms with van der Waals surface area (Å²) in [5.74, 6) is 0.0467. The van der Waals surface area contributed by atoms with E-state index in [0.29, 0.717) is 6.04 Å². The first-order valence-corrected chi connectivity index (χ1v) is 6.43. The highest BCUT2D eigenvalue weighted by atomic mass is 16.2. The molecule has 0 aliphatic carbocycles. The van der Waals surface area contributed by atoms with E-state index in [-0.39, 0.29) is 12.5 Å². The zero-order valence-corrected chi connectivity index (χ0v) is 11.1. The van der Waals surface area contributed by atoms with Crippen LogP contribution in [-0.2, 0) is 4.79 Å². The van der Waals surface area contributed by atoms with Gasteiger partial charge in [0.1, 0.15) is 0 Å². The highest BCUT2D eigenvalue weighted by molar-refractivity contribution is 5.78. The number of carbonyl (C=O) groups excluding carboxylic acids is 1. The van der Waals surface area contributed by atoms with E-state index in [1.54, 1.807) is 0 Å². The van der Waals surface area contributed by atoms with Gasteiger partial charge in [0.25, 0.3) is 0 Å². The summed E-state index contributed by atoms with van der Waals surface area (Å²) in [7, 11) is 0. The van der Waals surface area contributed by atoms with E-state index in [2.05, 4.69) is 43.0 Å². The van der Waals surface area contributed by atoms with Crippen LogP contribution in [0.2, 0.25) is 0 Å². The van der Waals surface area contributed by atoms with Gasteiger partial charge in [0.2, 0.25) is 5.91 Å². The number of nitrogens with zero attached hydrogens (tertiary/aromatic N) is 2. The van der Waals surface area contributed by atoms with Crippen LogP contribution in [-0.4, -0.2) is 43.0 Å². The zero-order valence-electron chi connectivity index (χ0n) is 11.1. The largest absolute Gasteiger partial charge is 0.365 e. The highest BCUT2D eigenvalue weighted by Gasteiger charge is 2.25. The minimum atomic E-state index is 0.0467. The summed E-state index contributed by atoms with van der Waals surface area (Å²) in [6.45, 7) is 6.73. The number of nitrogens with two attached hydrogens (primary N) is 1. The Hall–Kier alpha value is -1.55. The van der Waals surface area contributed by atoms with Crippen molar-refractivity contribution in [3.63, 3.8) is 0 Å². The maximum atomic E-state index is 11.6. The van der Waals surface area contributed by atoms with Crippen molar-refractivity contribution < 1.29 is 4.79 Å². The second-order valence-corrected chi connectivity index (χ2v) is 4.92. The molecule has 0 bridgehead atoms. The van der Waals surface area contributed by atoms with Crippen LogP contribution in [0.4, 0.5) is 5.69 Å². The molecule has 4 heteroatoms. The first-order valence-electron chi connectivity index (χ1n) is 6.43. The van der Waals surface area contributed by atoms with Crippen LogP contribution >= 0.6 is 0 Å². The molecule has 1 aromatic rings. The zero-order chi connectivity index (χ0) is 13.1. The fourth-order valence-electron chi connectivity index (χ4n) is 2.43. The first kappa shape index (κ1) is 12.9. The summed E-state index contributed by atoms with van der Waals surface area (Å²) >= 11 is 0. The Morgan fingerprint density at radius 2 is 2.00 bits per heavy atom. The third kappa shape index (κ3) is 2.64. The Bertz CT molecular complexity index is 416. The van der Waals surface area contributed by atoms with Crippen LogP contribution in [0.3, 0.4) is 0 Å². The van der Waals surface area contributed by atoms with E-state index in [1.165, 1.54) is 11.3 Å². The van der Waals surface area contributed by atoms with Gasteiger partial charge in [-0.25, -0.2) is 0 Å². The molecule has 18 heavy (non-hydrogen) atoms. The van der Waals surface area contributed by atoms with Crippen LogP contribution in [0.5, 0.6) is 0 Å². The van der Waals surface area contributed by atoms with Gasteiger partial charge in [-0.2, -0.15) is 0 Å². The molecule has 1 unspecified atom stereocenters. The number of aryl methyl sites for hydroxylation is 1. The molecular weight excluding hydrogens is 226 g/mol. The van der Waals surface area contributed by atoms with Gasteiger partial charge in [-0.1, -0.05) is 17.7 Å². The summed E-state index contributed by atoms with van der Waals surface area (Å²) in [6.07, 6.45) is 0. The summed E-state index contributed by atoms with van der Waals surface area (Å²) < 4.78 is 0. The molecule has 2 N–H and O–H groups in total. The molecular formula is C14H21N3O. The lowest BCUT2D eigenvalue weighted by Gasteiger charge is -2.41. The summed E-state index contributed by atoms with van der Waals surface area (Å²) in [5, 5.41) is 0. The van der Waals surface area contributed by atoms with Crippen LogP contribution in [0, 0.1) is 6.92 Å². The van der Waals surface area contributed by atoms with E-state index < -0.39 is 0 Å². The fraction of sp³-hybridized carbons (Fsp3) is 0.500. The minimum Gasteiger partial charge on any atom is -0.365 e. The van der Waals surface area contributed by atoms with Crippen LogP contribution in [0.25, 0.3) is 0 Å². The van der Waals surface area contributed by atoms with Crippen molar-refractivity contribution >= 4 is 11.6 Å². The summed E-state index contributed by atoms with van der Waals surface area (Å²) in [4.78, 5) is 15.8. The van der Waals surface area contributed by atoms with Gasteiger partial charge in [-0.05, 0) is 26.0 Å². The molecule has 1 aromatic carbocycles. The van der Waals surface area contributed by atoms with Crippen molar-refractivity contribution in [3.05, 3.63) is 29.8 Å². The molecule has 0 aromatic heterocycles. The van der Waals surface area contributed by atoms with Crippen molar-refractivity contribution in [3.8, 4) is 0 Å². The minimum absolute atomic E-state index is 0.0467. The summed E-state index contributed by atoms with van der Waals surface area (Å²) in [5.41, 5.74) is 7.90. The molecule has 1 atom stereocenters. The molecule has 1 aliphatic rings. The van der Waals surface area contributed by atoms with Gasteiger partial charge in [0, 0.05) is 31.4 Å². The van der Waals surface area contributed by atoms with E-state index >= 15 is 0 Å². The van der Waals surface area contributed by atoms with Crippen molar-refractivity contribution in [2.45, 2.75) is 19.9 Å². The topological polar surface area (TPSA) is 49.6 Å². The quantitative estimate of drug-likeness (QED) is 0.848. The lowest BCUT2D eigenvalue weighted by atomic mass is 10.1. The number of hydrogen-bond acceptors (Lipinski definition) is 3. The van der Waals surface area contributed by atoms with Crippen molar-refractivity contribution in [2.75, 3.05) is 31.1 Å². The third-order valence-electron chi connectivity index (χ3n) is 3.52. The van der Waals surface area contributed by atoms with E-state index in [0.717, 1.165) is 19.6 Å². The van der Waals surface area contributed by atoms with Crippen LogP contribution < -0.4 is 10.6 Å². The van der Waals surface area contributed by atoms with E-state index in [4.69, 9.17) is 5.73 Å². The van der Waals surface area contributed by atoms with Gasteiger partial charge in [-0.3, -0.25) is 4.79 Å². The number of amides is 1. The summed E-state index contributed by atoms with van der Waals surface area (Å²) in [6, 6.07) is 8.87. The average Bonchev–Trinajstić information content (AvgIpc) is 2.39. The Kier molecular flexibility index (Phi) is 3.87. The Morgan fingerprint density at radius 3 is 2.56 bits per heavy atom. The maximum absolute atomic E-state index is 11.6. The molecule has 1 fully saturated rings. The van der Waals surface area contributed by atoms with Crippen molar-refractivity contribution in [2.24, 2.45) is 5.73 Å². The Labute approximate surface area is 108 Å². The Balaban J connectivity index is 2.05. The maximum Gasteiger partial charge on any atom is 0.236 e. The predicted molar refractivity (Wildman–Crippen MR) is 73.6 cm³/mol. The normalized spacial score (nSPS) is 20.1. The second kappa shape index (κ2) is 5.40. The number of piperazine rings is 1. The molecule has 1 aliphatic heterocycles. The molecule has 1 saturated heterocycles. The van der Waals surface area contributed by atoms with Gasteiger partial charge >= 0.3 is 0 Å². The number of rotatable bonds is 2. The monoisotopic (exact) mass is 247 g/mol. The lowest BCUT2D eigenvalue weighted by molar-refractivity contribution is -0.130. The molecule has 0 spiro atoms. The van der Waals surface area contributed by atoms with Gasteiger partial charge < -0.3 is 15.5 Å². The number of anilines is 1. The van der Waals surface area contributed by atoms with Crippen LogP contribution in [0.1, 0.15) is 12.5 Å². The number of hydrogen-bond donors (Lipinski definition) is 1. The fourth-order valence-corrected chi connectivity index (χ4v) is 2.43. The van der Waals surface area contributed by atoms with Crippen molar-refractivity contribution in [1.82, 2.24) is 4.90 Å². The lowest BCUT2D eigenvalue weighted by Crippen LogP contribution is -2.54. The molecule has 0 radical (unpaired) electrons. The van der Waals surface area contributed by atoms with E-state index in [1.807, 2.05) is 4.90 Å². The van der Waals surface area contributed by atoms with Gasteiger partial charge in [0.15, 0.2) is 0 Å². The van der Waals surface area contributed by atoms with E-state index in [9.17, 15) is 4.79 Å². The number of carbonyl (C=O) groups is 1. The average molecular weight is 247 g/mol. The molecule has 2 rings (SSSR count). The highest BCUT2D eigenvalue weighted by Crippen LogP contribution is 2.20. The second-order valence-electron chi connectivity index (χ2n) is 4.92. The van der Waals surface area contributed by atoms with Gasteiger partial charge in [-0.15, -0.1) is 0 Å². The molecule has 98 valence electrons. The van der Waals surface area contributed by atoms with Gasteiger partial charge in [0.05, 0.1) is 6.54 Å². The smallest absolute Gasteiger partial charge is 0.236 e. The SMILES string of the molecule is Cc1ccc(N2CCN(C(=O)CN)CC2C)cc1. The predicted octanol–water partition coefficient (Wildman–Crippen LogP) is 0.991. The molecule has 1 amide bonds. The van der Waals surface area contributed by atoms with Crippen molar-refractivity contribution in [1.29, 1.82) is 0 Å². The van der Waals surface area contributed by atoms with Crippen LogP contribution in [0.15, 0.2) is 24.3 Å². The molecule has 4 nitrogen and oxygen atoms in total. The molecule has 1 heterocycles. The standard InChI is InChI=1S/C14H21N3O/c1-11-3-5-13(6-4-11)17-8-7-16(10-12(17)2)14(18)9-15/h3-6,12H,7-10,15H2,1-2H3. The third-order valence-corrected chi connectivity index (χ3v) is 3.52. The molecule has 0 saturated carbocycles. The first-order chi connectivity index (χ1) is 8.61.